The van der Waals surface area contributed by atoms with Gasteiger partial charge in [0.05, 0.1) is 16.9 Å². The number of rotatable bonds is 4. The van der Waals surface area contributed by atoms with Crippen molar-refractivity contribution < 1.29 is 9.72 Å². The van der Waals surface area contributed by atoms with Crippen LogP contribution >= 0.6 is 11.8 Å². The van der Waals surface area contributed by atoms with Crippen molar-refractivity contribution in [2.24, 2.45) is 10.2 Å². The number of anilines is 1. The van der Waals surface area contributed by atoms with Crippen LogP contribution in [0.5, 0.6) is 0 Å². The van der Waals surface area contributed by atoms with Crippen LogP contribution in [0.3, 0.4) is 0 Å². The van der Waals surface area contributed by atoms with Crippen molar-refractivity contribution in [3.63, 3.8) is 0 Å². The normalized spacial score (nSPS) is 16.5. The summed E-state index contributed by atoms with van der Waals surface area (Å²) in [5.74, 6) is 0.215. The third-order valence-corrected chi connectivity index (χ3v) is 3.50. The Hall–Kier alpha value is -2.42. The maximum absolute atomic E-state index is 11.0. The fourth-order valence-corrected chi connectivity index (χ4v) is 2.32. The molecule has 0 aromatic heterocycles. The lowest BCUT2D eigenvalue weighted by Crippen LogP contribution is -2.19. The summed E-state index contributed by atoms with van der Waals surface area (Å²) >= 11 is 1.26. The molecule has 0 radical (unpaired) electrons. The fourth-order valence-electron chi connectivity index (χ4n) is 1.69. The van der Waals surface area contributed by atoms with Gasteiger partial charge in [-0.15, -0.1) is 5.10 Å². The number of carbonyl (C=O) groups excluding carboxylic acids is 1. The number of benzene rings is 1. The highest BCUT2D eigenvalue weighted by molar-refractivity contribution is 8.15. The minimum Gasteiger partial charge on any atom is -0.377 e. The Bertz CT molecular complexity index is 642. The summed E-state index contributed by atoms with van der Waals surface area (Å²) in [6, 6.07) is 4.52. The Morgan fingerprint density at radius 1 is 1.48 bits per heavy atom. The number of carbonyl (C=O) groups is 1. The molecule has 0 saturated carbocycles. The zero-order valence-electron chi connectivity index (χ0n) is 11.4. The standard InChI is InChI=1S/C12H13N5O3S/c1-16(2)10-4-3-9(17(19)20)5-8(10)6-13-15-12-14-11(18)7-21-12/h3-6H,7H2,1-2H3,(H,14,15,18). The molecule has 0 atom stereocenters. The van der Waals surface area contributed by atoms with Crippen LogP contribution in [-0.4, -0.2) is 42.1 Å². The van der Waals surface area contributed by atoms with E-state index in [0.29, 0.717) is 16.5 Å². The summed E-state index contributed by atoms with van der Waals surface area (Å²) < 4.78 is 0. The number of amidine groups is 1. The minimum atomic E-state index is -0.463. The van der Waals surface area contributed by atoms with Crippen LogP contribution in [0.2, 0.25) is 0 Å². The Balaban J connectivity index is 2.26. The lowest BCUT2D eigenvalue weighted by atomic mass is 10.1. The SMILES string of the molecule is CN(C)c1ccc([N+](=O)[O-])cc1C=NN=C1NC(=O)CS1. The molecule has 8 nitrogen and oxygen atoms in total. The summed E-state index contributed by atoms with van der Waals surface area (Å²) in [5.41, 5.74) is 1.35. The van der Waals surface area contributed by atoms with Crippen molar-refractivity contribution in [3.8, 4) is 0 Å². The number of non-ortho nitro benzene ring substituents is 1. The van der Waals surface area contributed by atoms with Gasteiger partial charge < -0.3 is 10.2 Å². The van der Waals surface area contributed by atoms with E-state index >= 15 is 0 Å². The molecule has 1 N–H and O–H groups in total. The second-order valence-electron chi connectivity index (χ2n) is 4.38. The number of amides is 1. The second-order valence-corrected chi connectivity index (χ2v) is 5.35. The van der Waals surface area contributed by atoms with Crippen LogP contribution in [0.15, 0.2) is 28.4 Å². The molecule has 1 amide bonds. The van der Waals surface area contributed by atoms with E-state index in [-0.39, 0.29) is 11.6 Å². The lowest BCUT2D eigenvalue weighted by Gasteiger charge is -2.14. The van der Waals surface area contributed by atoms with E-state index < -0.39 is 4.92 Å². The van der Waals surface area contributed by atoms with Crippen molar-refractivity contribution >= 4 is 40.4 Å². The van der Waals surface area contributed by atoms with E-state index in [0.717, 1.165) is 5.69 Å². The van der Waals surface area contributed by atoms with Gasteiger partial charge in [0.15, 0.2) is 5.17 Å². The van der Waals surface area contributed by atoms with Crippen molar-refractivity contribution in [1.29, 1.82) is 0 Å². The largest absolute Gasteiger partial charge is 0.377 e. The van der Waals surface area contributed by atoms with Gasteiger partial charge in [-0.1, -0.05) is 11.8 Å². The molecule has 0 spiro atoms. The van der Waals surface area contributed by atoms with Crippen molar-refractivity contribution in [3.05, 3.63) is 33.9 Å². The molecule has 9 heteroatoms. The molecule has 1 aromatic carbocycles. The quantitative estimate of drug-likeness (QED) is 0.512. The Morgan fingerprint density at radius 2 is 2.24 bits per heavy atom. The molecule has 1 heterocycles. The maximum Gasteiger partial charge on any atom is 0.270 e. The molecule has 0 unspecified atom stereocenters. The summed E-state index contributed by atoms with van der Waals surface area (Å²) in [5, 5.41) is 21.5. The Kier molecular flexibility index (Phi) is 4.53. The van der Waals surface area contributed by atoms with E-state index in [1.807, 2.05) is 19.0 Å². The highest BCUT2D eigenvalue weighted by Crippen LogP contribution is 2.22. The van der Waals surface area contributed by atoms with E-state index in [1.54, 1.807) is 6.07 Å². The van der Waals surface area contributed by atoms with Gasteiger partial charge in [0.2, 0.25) is 5.91 Å². The number of hydrogen-bond donors (Lipinski definition) is 1. The average molecular weight is 307 g/mol. The molecule has 2 rings (SSSR count). The van der Waals surface area contributed by atoms with Gasteiger partial charge in [0, 0.05) is 37.5 Å². The van der Waals surface area contributed by atoms with Gasteiger partial charge >= 0.3 is 0 Å². The van der Waals surface area contributed by atoms with E-state index in [2.05, 4.69) is 15.5 Å². The fraction of sp³-hybridized carbons (Fsp3) is 0.250. The highest BCUT2D eigenvalue weighted by Gasteiger charge is 2.16. The predicted octanol–water partition coefficient (Wildman–Crippen LogP) is 1.21. The molecule has 0 bridgehead atoms. The molecule has 110 valence electrons. The van der Waals surface area contributed by atoms with E-state index in [4.69, 9.17) is 0 Å². The predicted molar refractivity (Wildman–Crippen MR) is 83.1 cm³/mol. The Labute approximate surface area is 125 Å². The Morgan fingerprint density at radius 3 is 2.81 bits per heavy atom. The third kappa shape index (κ3) is 3.78. The summed E-state index contributed by atoms with van der Waals surface area (Å²) in [7, 11) is 3.66. The summed E-state index contributed by atoms with van der Waals surface area (Å²) in [6.45, 7) is 0. The van der Waals surface area contributed by atoms with Crippen LogP contribution in [0.4, 0.5) is 11.4 Å². The molecule has 1 aliphatic rings. The first-order chi connectivity index (χ1) is 9.97. The molecular formula is C12H13N5O3S. The van der Waals surface area contributed by atoms with Crippen molar-refractivity contribution in [1.82, 2.24) is 5.32 Å². The number of thioether (sulfide) groups is 1. The van der Waals surface area contributed by atoms with E-state index in [9.17, 15) is 14.9 Å². The van der Waals surface area contributed by atoms with Crippen LogP contribution in [-0.2, 0) is 4.79 Å². The number of nitrogens with one attached hydrogen (secondary N) is 1. The minimum absolute atomic E-state index is 0.0155. The zero-order chi connectivity index (χ0) is 15.4. The second kappa shape index (κ2) is 6.35. The van der Waals surface area contributed by atoms with Crippen LogP contribution in [0.25, 0.3) is 0 Å². The average Bonchev–Trinajstić information content (AvgIpc) is 2.84. The summed E-state index contributed by atoms with van der Waals surface area (Å²) in [6.07, 6.45) is 1.43. The van der Waals surface area contributed by atoms with Gasteiger partial charge in [-0.05, 0) is 6.07 Å². The van der Waals surface area contributed by atoms with Gasteiger partial charge in [-0.3, -0.25) is 14.9 Å². The van der Waals surface area contributed by atoms with Crippen LogP contribution < -0.4 is 10.2 Å². The van der Waals surface area contributed by atoms with Gasteiger partial charge in [0.1, 0.15) is 0 Å². The van der Waals surface area contributed by atoms with Crippen LogP contribution in [0.1, 0.15) is 5.56 Å². The smallest absolute Gasteiger partial charge is 0.270 e. The van der Waals surface area contributed by atoms with Crippen molar-refractivity contribution in [2.75, 3.05) is 24.7 Å². The van der Waals surface area contributed by atoms with Gasteiger partial charge in [0.25, 0.3) is 5.69 Å². The van der Waals surface area contributed by atoms with Crippen LogP contribution in [0, 0.1) is 10.1 Å². The zero-order valence-corrected chi connectivity index (χ0v) is 12.3. The monoisotopic (exact) mass is 307 g/mol. The molecule has 1 aliphatic heterocycles. The first-order valence-corrected chi connectivity index (χ1v) is 6.95. The molecule has 21 heavy (non-hydrogen) atoms. The first kappa shape index (κ1) is 15.0. The first-order valence-electron chi connectivity index (χ1n) is 5.97. The summed E-state index contributed by atoms with van der Waals surface area (Å²) in [4.78, 5) is 23.2. The molecule has 1 saturated heterocycles. The third-order valence-electron chi connectivity index (χ3n) is 2.64. The van der Waals surface area contributed by atoms with Crippen molar-refractivity contribution in [2.45, 2.75) is 0 Å². The van der Waals surface area contributed by atoms with Gasteiger partial charge in [-0.2, -0.15) is 5.10 Å². The highest BCUT2D eigenvalue weighted by atomic mass is 32.2. The molecular weight excluding hydrogens is 294 g/mol. The number of nitro groups is 1. The van der Waals surface area contributed by atoms with E-state index in [1.165, 1.54) is 30.1 Å². The number of hydrogen-bond acceptors (Lipinski definition) is 7. The molecule has 0 aliphatic carbocycles. The number of nitrogens with zero attached hydrogens (tertiary/aromatic N) is 4. The molecule has 1 fully saturated rings. The maximum atomic E-state index is 11.0. The lowest BCUT2D eigenvalue weighted by molar-refractivity contribution is -0.384. The molecule has 1 aromatic rings. The number of nitro benzene ring substituents is 1. The van der Waals surface area contributed by atoms with Gasteiger partial charge in [-0.25, -0.2) is 0 Å². The topological polar surface area (TPSA) is 100 Å².